The van der Waals surface area contributed by atoms with Crippen molar-refractivity contribution >= 4 is 131 Å². The number of anilines is 2. The number of hydrogen-bond acceptors (Lipinski definition) is 17. The summed E-state index contributed by atoms with van der Waals surface area (Å²) < 4.78 is 102. The molecule has 0 aliphatic rings. The average Bonchev–Trinajstić information content (AvgIpc) is 3.29. The van der Waals surface area contributed by atoms with Crippen molar-refractivity contribution < 1.29 is 47.8 Å². The Labute approximate surface area is 438 Å². The summed E-state index contributed by atoms with van der Waals surface area (Å²) in [5.74, 6) is 7.39. The molecule has 0 radical (unpaired) electrons. The van der Waals surface area contributed by atoms with Crippen LogP contribution in [0.1, 0.15) is 29.2 Å². The van der Waals surface area contributed by atoms with Gasteiger partial charge in [0.15, 0.2) is 0 Å². The number of aliphatic imine (C=N–C) groups is 2. The van der Waals surface area contributed by atoms with Gasteiger partial charge in [-0.15, -0.1) is 23.2 Å². The van der Waals surface area contributed by atoms with Crippen molar-refractivity contribution in [1.82, 2.24) is 19.2 Å². The highest BCUT2D eigenvalue weighted by atomic mass is 35.7. The number of aryl methyl sites for hydroxylation is 4. The molecule has 0 fully saturated rings. The van der Waals surface area contributed by atoms with E-state index in [9.17, 15) is 43.3 Å². The number of nitrogens with two attached hydrogens (primary N) is 5. The number of benzene rings is 4. The number of hydrazine groups is 1. The highest BCUT2D eigenvalue weighted by Gasteiger charge is 2.14. The number of Topliss-reactive ketones (excluding diaryl/α,β-unsaturated/α-hetero) is 1. The molecule has 4 aromatic rings. The first-order valence-corrected chi connectivity index (χ1v) is 27.6. The van der Waals surface area contributed by atoms with Gasteiger partial charge in [-0.3, -0.25) is 25.8 Å². The number of sulfonamides is 2. The second kappa shape index (κ2) is 36.4. The zero-order valence-electron chi connectivity index (χ0n) is 41.1. The molecule has 0 unspecified atom stereocenters. The molecule has 0 amide bonds. The highest BCUT2D eigenvalue weighted by molar-refractivity contribution is 8.13. The first kappa shape index (κ1) is 73.0. The van der Waals surface area contributed by atoms with Crippen LogP contribution < -0.4 is 38.3 Å². The SMILES string of the molecule is CC(=O)C(=O)Cl.CN.CNS(=O)(=O)c1ccc(N)c(C)c1.CNS(=O)(=O)c1ccc(N=CN(C)C)c(C)c1.Cc1cc(S(=O)(=O)Cl)ccc1N=CN(C)C.Cc1cc(S(=O)(=O)O)ccc1N.ClCCl.NN. The molecule has 4 aromatic carbocycles. The predicted octanol–water partition coefficient (Wildman–Crippen LogP) is 4.73. The fraction of sp³-hybridized carbons (Fsp3) is 0.317. The molecule has 0 atom stereocenters. The lowest BCUT2D eigenvalue weighted by molar-refractivity contribution is -0.130. The largest absolute Gasteiger partial charge is 0.399 e. The Balaban J connectivity index is -0.000000391. The second-order valence-corrected chi connectivity index (χ2v) is 22.5. The Hall–Kier alpha value is -4.52. The van der Waals surface area contributed by atoms with Crippen LogP contribution in [-0.4, -0.2) is 126 Å². The first-order chi connectivity index (χ1) is 32.6. The number of carbonyl (C=O) groups is 2. The van der Waals surface area contributed by atoms with Gasteiger partial charge in [0.05, 0.1) is 49.0 Å². The summed E-state index contributed by atoms with van der Waals surface area (Å²) in [6.45, 7) is 8.17. The van der Waals surface area contributed by atoms with Gasteiger partial charge < -0.3 is 27.0 Å². The maximum atomic E-state index is 11.6. The van der Waals surface area contributed by atoms with Crippen LogP contribution in [0, 0.1) is 27.7 Å². The molecule has 0 saturated heterocycles. The summed E-state index contributed by atoms with van der Waals surface area (Å²) in [6, 6.07) is 18.1. The van der Waals surface area contributed by atoms with Crippen molar-refractivity contribution in [2.24, 2.45) is 27.4 Å². The molecule has 4 rings (SSSR count). The van der Waals surface area contributed by atoms with Crippen molar-refractivity contribution in [3.8, 4) is 0 Å². The van der Waals surface area contributed by atoms with E-state index < -0.39 is 50.2 Å². The van der Waals surface area contributed by atoms with Crippen LogP contribution in [-0.2, 0) is 48.8 Å². The monoisotopic (exact) mass is 1160 g/mol. The third-order valence-corrected chi connectivity index (χ3v) is 13.0. The molecule has 0 aliphatic carbocycles. The number of rotatable bonds is 11. The molecule has 30 heteroatoms. The lowest BCUT2D eigenvalue weighted by atomic mass is 10.2. The molecule has 0 heterocycles. The molecule has 0 aliphatic heterocycles. The molecule has 22 nitrogen and oxygen atoms in total. The van der Waals surface area contributed by atoms with E-state index in [4.69, 9.17) is 49.9 Å². The Kier molecular flexibility index (Phi) is 37.4. The number of halogens is 4. The van der Waals surface area contributed by atoms with Gasteiger partial charge in [0, 0.05) is 57.2 Å². The molecule has 13 N–H and O–H groups in total. The van der Waals surface area contributed by atoms with Crippen LogP contribution in [0.3, 0.4) is 0 Å². The average molecular weight is 1160 g/mol. The zero-order chi connectivity index (χ0) is 56.7. The van der Waals surface area contributed by atoms with E-state index in [0.29, 0.717) is 16.9 Å². The minimum Gasteiger partial charge on any atom is -0.399 e. The van der Waals surface area contributed by atoms with Gasteiger partial charge in [-0.25, -0.2) is 44.7 Å². The van der Waals surface area contributed by atoms with Gasteiger partial charge in [-0.05, 0) is 155 Å². The summed E-state index contributed by atoms with van der Waals surface area (Å²) >= 11 is 14.2. The molecule has 0 saturated carbocycles. The fourth-order valence-electron chi connectivity index (χ4n) is 4.08. The van der Waals surface area contributed by atoms with E-state index in [1.807, 2.05) is 40.0 Å². The van der Waals surface area contributed by atoms with Gasteiger partial charge in [0.1, 0.15) is 0 Å². The van der Waals surface area contributed by atoms with Crippen molar-refractivity contribution in [3.63, 3.8) is 0 Å². The lowest BCUT2D eigenvalue weighted by Crippen LogP contribution is -2.18. The Morgan fingerprint density at radius 1 is 0.606 bits per heavy atom. The zero-order valence-corrected chi connectivity index (χ0v) is 47.4. The van der Waals surface area contributed by atoms with Crippen molar-refractivity contribution in [1.29, 1.82) is 0 Å². The van der Waals surface area contributed by atoms with E-state index in [1.54, 1.807) is 74.7 Å². The number of carbonyl (C=O) groups excluding carboxylic acids is 2. The van der Waals surface area contributed by atoms with Gasteiger partial charge in [-0.1, -0.05) is 0 Å². The summed E-state index contributed by atoms with van der Waals surface area (Å²) in [4.78, 5) is 31.7. The topological polar surface area (TPSA) is 376 Å². The van der Waals surface area contributed by atoms with E-state index >= 15 is 0 Å². The third kappa shape index (κ3) is 31.5. The number of nitrogens with zero attached hydrogens (tertiary/aromatic N) is 4. The molecule has 0 bridgehead atoms. The molecule has 71 heavy (non-hydrogen) atoms. The van der Waals surface area contributed by atoms with Crippen LogP contribution in [0.15, 0.2) is 102 Å². The van der Waals surface area contributed by atoms with Crippen LogP contribution >= 0.6 is 45.5 Å². The van der Waals surface area contributed by atoms with E-state index in [-0.39, 0.29) is 24.9 Å². The number of hydrogen-bond donors (Lipinski definition) is 8. The normalized spacial score (nSPS) is 10.7. The summed E-state index contributed by atoms with van der Waals surface area (Å²) in [5.41, 5.74) is 21.1. The van der Waals surface area contributed by atoms with Crippen LogP contribution in [0.2, 0.25) is 0 Å². The van der Waals surface area contributed by atoms with Crippen molar-refractivity contribution in [3.05, 3.63) is 95.1 Å². The van der Waals surface area contributed by atoms with Gasteiger partial charge >= 0.3 is 0 Å². The number of nitrogen functional groups attached to an aromatic ring is 2. The molecular weight excluding hydrogens is 1090 g/mol. The number of ketones is 1. The van der Waals surface area contributed by atoms with Crippen molar-refractivity contribution in [2.75, 3.05) is 66.1 Å². The smallest absolute Gasteiger partial charge is 0.294 e. The predicted molar refractivity (Wildman–Crippen MR) is 289 cm³/mol. The van der Waals surface area contributed by atoms with Crippen LogP contribution in [0.4, 0.5) is 22.7 Å². The second-order valence-electron chi connectivity index (χ2n) is 13.6. The molecular formula is C41H65Cl4N11O11S4. The number of alkyl halides is 2. The van der Waals surface area contributed by atoms with Crippen molar-refractivity contribution in [2.45, 2.75) is 54.2 Å². The minimum atomic E-state index is -4.10. The minimum absolute atomic E-state index is 0.0930. The van der Waals surface area contributed by atoms with Gasteiger partial charge in [0.2, 0.25) is 25.8 Å². The maximum absolute atomic E-state index is 11.6. The summed E-state index contributed by atoms with van der Waals surface area (Å²) in [7, 11) is 2.48. The van der Waals surface area contributed by atoms with E-state index in [0.717, 1.165) is 35.0 Å². The molecule has 402 valence electrons. The summed E-state index contributed by atoms with van der Waals surface area (Å²) in [5, 5.41) is -0.713. The quantitative estimate of drug-likeness (QED) is 0.0116. The fourth-order valence-corrected chi connectivity index (χ4v) is 7.11. The van der Waals surface area contributed by atoms with Gasteiger partial charge in [0.25, 0.3) is 24.4 Å². The maximum Gasteiger partial charge on any atom is 0.294 e. The Morgan fingerprint density at radius 2 is 0.873 bits per heavy atom. The van der Waals surface area contributed by atoms with E-state index in [1.165, 1.54) is 57.5 Å². The number of nitrogens with one attached hydrogen (secondary N) is 2. The molecule has 0 aromatic heterocycles. The standard InChI is InChI=1S/C11H17N3O2S.C10H13ClN2O2S.C8H12N2O2S.C7H9NO3S.C3H3ClO2.CH2Cl2.CH5N.H4N2/c1-9-7-10(17(15,16)12-2)5-6-11(9)13-8-14(3)4;1-8-6-9(16(11,14)15)4-5-10(8)12-7-13(2)3;1-6-5-7(3-4-8(6)9)13(11,12)10-2;1-5-4-6(12(9,10)11)2-3-7(5)8;1-2(5)3(4)6;2-1-3;2*1-2/h5-8,12H,1-4H3;4-7H,1-3H3;3-5,10H,9H2,1-2H3;2-4H,8H2,1H3,(H,9,10,11);1H3;1H2;2H2,1H3;1-2H2. The lowest BCUT2D eigenvalue weighted by Gasteiger charge is -2.07. The van der Waals surface area contributed by atoms with Crippen LogP contribution in [0.5, 0.6) is 0 Å². The Bertz CT molecular complexity index is 2790. The summed E-state index contributed by atoms with van der Waals surface area (Å²) in [6.07, 6.45) is 3.33. The highest BCUT2D eigenvalue weighted by Crippen LogP contribution is 2.24. The molecule has 0 spiro atoms. The first-order valence-electron chi connectivity index (χ1n) is 19.5. The Morgan fingerprint density at radius 3 is 1.13 bits per heavy atom. The van der Waals surface area contributed by atoms with Crippen LogP contribution in [0.25, 0.3) is 0 Å². The van der Waals surface area contributed by atoms with E-state index in [2.05, 4.69) is 48.4 Å². The third-order valence-electron chi connectivity index (χ3n) is 7.69. The van der Waals surface area contributed by atoms with Gasteiger partial charge in [-0.2, -0.15) is 8.42 Å².